The van der Waals surface area contributed by atoms with Crippen molar-refractivity contribution in [3.05, 3.63) is 52.0 Å². The van der Waals surface area contributed by atoms with Gasteiger partial charge in [-0.1, -0.05) is 37.3 Å². The number of rotatable bonds is 8. The fourth-order valence-corrected chi connectivity index (χ4v) is 3.22. The predicted molar refractivity (Wildman–Crippen MR) is 105 cm³/mol. The minimum absolute atomic E-state index is 0. The summed E-state index contributed by atoms with van der Waals surface area (Å²) in [6, 6.07) is 10.0. The van der Waals surface area contributed by atoms with Crippen molar-refractivity contribution >= 4 is 42.1 Å². The van der Waals surface area contributed by atoms with Gasteiger partial charge in [0, 0.05) is 13.1 Å². The highest BCUT2D eigenvalue weighted by Crippen LogP contribution is 2.18. The van der Waals surface area contributed by atoms with Crippen LogP contribution < -0.4 is 5.73 Å². The van der Waals surface area contributed by atoms with E-state index in [1.165, 1.54) is 11.3 Å². The third-order valence-electron chi connectivity index (χ3n) is 3.36. The fourth-order valence-electron chi connectivity index (χ4n) is 2.23. The highest BCUT2D eigenvalue weighted by atomic mass is 35.5. The maximum atomic E-state index is 12.7. The third-order valence-corrected chi connectivity index (χ3v) is 4.41. The Kier molecular flexibility index (Phi) is 11.7. The van der Waals surface area contributed by atoms with Gasteiger partial charge in [-0.2, -0.15) is 0 Å². The lowest BCUT2D eigenvalue weighted by molar-refractivity contribution is 0.0747. The van der Waals surface area contributed by atoms with Crippen molar-refractivity contribution in [2.45, 2.75) is 32.7 Å². The zero-order chi connectivity index (χ0) is 15.8. The highest BCUT2D eigenvalue weighted by Gasteiger charge is 2.18. The van der Waals surface area contributed by atoms with Crippen molar-refractivity contribution in [3.63, 3.8) is 0 Å². The first-order chi connectivity index (χ1) is 10.7. The Balaban J connectivity index is 0.00000264. The largest absolute Gasteiger partial charge is 0.334 e. The molecule has 0 aliphatic heterocycles. The van der Waals surface area contributed by atoms with Gasteiger partial charge < -0.3 is 10.6 Å². The number of thiazole rings is 1. The second-order valence-electron chi connectivity index (χ2n) is 5.22. The molecule has 0 saturated heterocycles. The molecule has 1 aromatic heterocycles. The number of aromatic nitrogens is 1. The van der Waals surface area contributed by atoms with E-state index < -0.39 is 0 Å². The van der Waals surface area contributed by atoms with Gasteiger partial charge in [-0.3, -0.25) is 4.79 Å². The van der Waals surface area contributed by atoms with E-state index >= 15 is 0 Å². The number of halogens is 2. The van der Waals surface area contributed by atoms with E-state index in [-0.39, 0.29) is 30.7 Å². The van der Waals surface area contributed by atoms with Gasteiger partial charge in [0.15, 0.2) is 0 Å². The van der Waals surface area contributed by atoms with Gasteiger partial charge in [-0.05, 0) is 31.4 Å². The molecule has 0 aliphatic rings. The highest BCUT2D eigenvalue weighted by molar-refractivity contribution is 7.13. The fraction of sp³-hybridized carbons (Fsp3) is 0.412. The van der Waals surface area contributed by atoms with E-state index in [0.717, 1.165) is 34.7 Å². The van der Waals surface area contributed by atoms with Crippen LogP contribution in [0.5, 0.6) is 0 Å². The lowest BCUT2D eigenvalue weighted by Crippen LogP contribution is -2.32. The predicted octanol–water partition coefficient (Wildman–Crippen LogP) is 3.93. The van der Waals surface area contributed by atoms with Crippen molar-refractivity contribution in [1.82, 2.24) is 9.88 Å². The van der Waals surface area contributed by atoms with Gasteiger partial charge in [0.05, 0.1) is 11.2 Å². The zero-order valence-corrected chi connectivity index (χ0v) is 16.3. The Bertz CT molecular complexity index is 593. The lowest BCUT2D eigenvalue weighted by atomic mass is 10.2. The number of carbonyl (C=O) groups excluding carboxylic acids is 1. The van der Waals surface area contributed by atoms with Gasteiger partial charge in [0.2, 0.25) is 0 Å². The number of nitrogens with two attached hydrogens (primary N) is 1. The zero-order valence-electron chi connectivity index (χ0n) is 13.8. The lowest BCUT2D eigenvalue weighted by Gasteiger charge is -2.22. The molecule has 134 valence electrons. The molecule has 2 N–H and O–H groups in total. The number of hydrogen-bond acceptors (Lipinski definition) is 4. The standard InChI is InChI=1S/C17H23N3OS.2ClH/c1-2-7-16-19-12-15(22-16)17(21)20(11-6-10-18)13-14-8-4-3-5-9-14;;/h3-5,8-9,12H,2,6-7,10-11,13,18H2,1H3;2*1H. The molecule has 1 amide bonds. The van der Waals surface area contributed by atoms with Gasteiger partial charge >= 0.3 is 0 Å². The molecule has 0 bridgehead atoms. The van der Waals surface area contributed by atoms with Gasteiger partial charge in [0.1, 0.15) is 4.88 Å². The molecule has 0 unspecified atom stereocenters. The van der Waals surface area contributed by atoms with Crippen LogP contribution in [0.25, 0.3) is 0 Å². The molecule has 2 aromatic rings. The molecule has 0 spiro atoms. The average Bonchev–Trinajstić information content (AvgIpc) is 3.01. The first kappa shape index (κ1) is 22.9. The van der Waals surface area contributed by atoms with Crippen LogP contribution >= 0.6 is 36.2 Å². The first-order valence-electron chi connectivity index (χ1n) is 7.72. The second-order valence-corrected chi connectivity index (χ2v) is 6.34. The minimum Gasteiger partial charge on any atom is -0.334 e. The van der Waals surface area contributed by atoms with Crippen LogP contribution in [-0.4, -0.2) is 28.9 Å². The van der Waals surface area contributed by atoms with E-state index in [0.29, 0.717) is 19.6 Å². The normalized spacial score (nSPS) is 9.75. The van der Waals surface area contributed by atoms with Crippen molar-refractivity contribution in [2.75, 3.05) is 13.1 Å². The summed E-state index contributed by atoms with van der Waals surface area (Å²) < 4.78 is 0. The molecular weight excluding hydrogens is 365 g/mol. The van der Waals surface area contributed by atoms with E-state index in [1.54, 1.807) is 6.20 Å². The molecule has 0 atom stereocenters. The van der Waals surface area contributed by atoms with E-state index in [1.807, 2.05) is 35.2 Å². The quantitative estimate of drug-likeness (QED) is 0.743. The summed E-state index contributed by atoms with van der Waals surface area (Å²) in [4.78, 5) is 19.7. The summed E-state index contributed by atoms with van der Waals surface area (Å²) in [7, 11) is 0. The van der Waals surface area contributed by atoms with E-state index in [9.17, 15) is 4.79 Å². The van der Waals surface area contributed by atoms with Gasteiger partial charge in [-0.25, -0.2) is 4.98 Å². The summed E-state index contributed by atoms with van der Waals surface area (Å²) in [6.45, 7) is 3.99. The monoisotopic (exact) mass is 389 g/mol. The summed E-state index contributed by atoms with van der Waals surface area (Å²) in [5.74, 6) is 0.0529. The van der Waals surface area contributed by atoms with Crippen molar-refractivity contribution < 1.29 is 4.79 Å². The van der Waals surface area contributed by atoms with Crippen molar-refractivity contribution in [2.24, 2.45) is 5.73 Å². The number of amides is 1. The number of nitrogens with zero attached hydrogens (tertiary/aromatic N) is 2. The van der Waals surface area contributed by atoms with Crippen LogP contribution in [0.15, 0.2) is 36.5 Å². The molecule has 1 heterocycles. The van der Waals surface area contributed by atoms with Crippen LogP contribution in [0, 0.1) is 0 Å². The Morgan fingerprint density at radius 3 is 2.58 bits per heavy atom. The molecular formula is C17H25Cl2N3OS. The third kappa shape index (κ3) is 6.77. The molecule has 4 nitrogen and oxygen atoms in total. The van der Waals surface area contributed by atoms with Crippen LogP contribution in [0.2, 0.25) is 0 Å². The van der Waals surface area contributed by atoms with E-state index in [4.69, 9.17) is 5.73 Å². The smallest absolute Gasteiger partial charge is 0.265 e. The summed E-state index contributed by atoms with van der Waals surface area (Å²) in [5.41, 5.74) is 6.74. The number of aryl methyl sites for hydroxylation is 1. The first-order valence-corrected chi connectivity index (χ1v) is 8.54. The van der Waals surface area contributed by atoms with Crippen molar-refractivity contribution in [3.8, 4) is 0 Å². The Morgan fingerprint density at radius 1 is 1.25 bits per heavy atom. The number of hydrogen-bond donors (Lipinski definition) is 1. The average molecular weight is 390 g/mol. The molecule has 0 radical (unpaired) electrons. The van der Waals surface area contributed by atoms with Crippen molar-refractivity contribution in [1.29, 1.82) is 0 Å². The van der Waals surface area contributed by atoms with E-state index in [2.05, 4.69) is 11.9 Å². The second kappa shape index (κ2) is 12.3. The number of carbonyl (C=O) groups is 1. The molecule has 0 fully saturated rings. The Labute approximate surface area is 160 Å². The van der Waals surface area contributed by atoms with Crippen LogP contribution in [0.3, 0.4) is 0 Å². The topological polar surface area (TPSA) is 59.2 Å². The minimum atomic E-state index is 0. The molecule has 0 saturated carbocycles. The molecule has 0 aliphatic carbocycles. The summed E-state index contributed by atoms with van der Waals surface area (Å²) in [5, 5.41) is 1.03. The van der Waals surface area contributed by atoms with Gasteiger partial charge in [-0.15, -0.1) is 36.2 Å². The van der Waals surface area contributed by atoms with Crippen LogP contribution in [-0.2, 0) is 13.0 Å². The van der Waals surface area contributed by atoms with Crippen LogP contribution in [0.4, 0.5) is 0 Å². The number of benzene rings is 1. The Morgan fingerprint density at radius 2 is 1.96 bits per heavy atom. The SMILES string of the molecule is CCCc1ncc(C(=O)N(CCCN)Cc2ccccc2)s1.Cl.Cl. The molecule has 7 heteroatoms. The summed E-state index contributed by atoms with van der Waals surface area (Å²) >= 11 is 1.50. The van der Waals surface area contributed by atoms with Crippen LogP contribution in [0.1, 0.15) is 40.0 Å². The molecule has 2 rings (SSSR count). The Hall–Kier alpha value is -1.14. The van der Waals surface area contributed by atoms with Gasteiger partial charge in [0.25, 0.3) is 5.91 Å². The molecule has 24 heavy (non-hydrogen) atoms. The maximum Gasteiger partial charge on any atom is 0.265 e. The maximum absolute atomic E-state index is 12.7. The summed E-state index contributed by atoms with van der Waals surface area (Å²) in [6.07, 6.45) is 4.49. The molecule has 1 aromatic carbocycles.